The number of rotatable bonds is 4. The first kappa shape index (κ1) is 22.9. The number of ether oxygens (including phenoxy) is 1. The van der Waals surface area contributed by atoms with Gasteiger partial charge in [-0.3, -0.25) is 9.59 Å². The highest BCUT2D eigenvalue weighted by Gasteiger charge is 2.35. The third kappa shape index (κ3) is 4.22. The summed E-state index contributed by atoms with van der Waals surface area (Å²) in [4.78, 5) is 41.2. The molecule has 1 aliphatic rings. The Labute approximate surface area is 198 Å². The molecular formula is C22H14Cl2N2O6S. The molecule has 168 valence electrons. The van der Waals surface area contributed by atoms with Gasteiger partial charge in [0.1, 0.15) is 0 Å². The fourth-order valence-electron chi connectivity index (χ4n) is 3.22. The number of esters is 1. The second-order valence-corrected chi connectivity index (χ2v) is 9.79. The molecule has 2 aromatic carbocycles. The van der Waals surface area contributed by atoms with Crippen LogP contribution in [0.15, 0.2) is 64.5 Å². The van der Waals surface area contributed by atoms with Crippen LogP contribution in [0.25, 0.3) is 0 Å². The van der Waals surface area contributed by atoms with Crippen LogP contribution >= 0.6 is 23.2 Å². The lowest BCUT2D eigenvalue weighted by molar-refractivity contribution is -0.123. The second kappa shape index (κ2) is 8.58. The summed E-state index contributed by atoms with van der Waals surface area (Å²) in [6, 6.07) is 10.8. The molecule has 4 rings (SSSR count). The van der Waals surface area contributed by atoms with Gasteiger partial charge in [0, 0.05) is 17.3 Å². The molecule has 1 N–H and O–H groups in total. The fourth-order valence-corrected chi connectivity index (χ4v) is 5.32. The number of ketones is 1. The number of hydrogen-bond donors (Lipinski definition) is 1. The van der Waals surface area contributed by atoms with Crippen molar-refractivity contribution in [3.05, 3.63) is 81.5 Å². The minimum Gasteiger partial charge on any atom is -0.449 e. The van der Waals surface area contributed by atoms with E-state index in [9.17, 15) is 22.8 Å². The number of amides is 1. The summed E-state index contributed by atoms with van der Waals surface area (Å²) in [5.74, 6) is -2.09. The summed E-state index contributed by atoms with van der Waals surface area (Å²) >= 11 is 11.7. The summed E-state index contributed by atoms with van der Waals surface area (Å²) in [6.07, 6.45) is 0.0215. The summed E-state index contributed by atoms with van der Waals surface area (Å²) in [5.41, 5.74) is -0.105. The molecule has 11 heteroatoms. The number of fused-ring (bicyclic) bond motifs is 2. The SMILES string of the molecule is CC(OC(=O)c1ccc2c(c1)S(=O)(=O)c1ccccc1C2=O)C(=O)Nc1ncc(Cl)cc1Cl. The highest BCUT2D eigenvalue weighted by atomic mass is 35.5. The number of hydrogen-bond acceptors (Lipinski definition) is 7. The first-order chi connectivity index (χ1) is 15.6. The van der Waals surface area contributed by atoms with Gasteiger partial charge in [-0.15, -0.1) is 0 Å². The molecule has 1 aliphatic heterocycles. The minimum absolute atomic E-state index is 0.0333. The molecule has 0 spiro atoms. The smallest absolute Gasteiger partial charge is 0.338 e. The predicted molar refractivity (Wildman–Crippen MR) is 120 cm³/mol. The lowest BCUT2D eigenvalue weighted by Crippen LogP contribution is -2.30. The van der Waals surface area contributed by atoms with E-state index in [-0.39, 0.29) is 42.3 Å². The van der Waals surface area contributed by atoms with E-state index in [1.54, 1.807) is 6.07 Å². The van der Waals surface area contributed by atoms with Gasteiger partial charge in [0.25, 0.3) is 5.91 Å². The fraction of sp³-hybridized carbons (Fsp3) is 0.0909. The maximum absolute atomic E-state index is 13.0. The number of sulfone groups is 1. The average molecular weight is 505 g/mol. The van der Waals surface area contributed by atoms with Gasteiger partial charge < -0.3 is 10.1 Å². The molecule has 1 amide bonds. The van der Waals surface area contributed by atoms with Crippen LogP contribution in [0.4, 0.5) is 5.82 Å². The highest BCUT2D eigenvalue weighted by Crippen LogP contribution is 2.35. The molecule has 1 unspecified atom stereocenters. The molecule has 1 aromatic heterocycles. The largest absolute Gasteiger partial charge is 0.449 e. The lowest BCUT2D eigenvalue weighted by atomic mass is 10.0. The van der Waals surface area contributed by atoms with Crippen LogP contribution in [0.1, 0.15) is 33.2 Å². The van der Waals surface area contributed by atoms with Crippen molar-refractivity contribution < 1.29 is 27.5 Å². The maximum atomic E-state index is 13.0. The topological polar surface area (TPSA) is 120 Å². The predicted octanol–water partition coefficient (Wildman–Crippen LogP) is 3.95. The number of halogens is 2. The molecule has 1 atom stereocenters. The average Bonchev–Trinajstić information content (AvgIpc) is 2.79. The van der Waals surface area contributed by atoms with E-state index < -0.39 is 33.6 Å². The van der Waals surface area contributed by atoms with Crippen LogP contribution in [-0.2, 0) is 19.4 Å². The van der Waals surface area contributed by atoms with Gasteiger partial charge >= 0.3 is 5.97 Å². The Bertz CT molecular complexity index is 1440. The van der Waals surface area contributed by atoms with Crippen LogP contribution in [-0.4, -0.2) is 37.2 Å². The third-order valence-electron chi connectivity index (χ3n) is 4.88. The van der Waals surface area contributed by atoms with Crippen molar-refractivity contribution in [2.75, 3.05) is 5.32 Å². The molecule has 8 nitrogen and oxygen atoms in total. The summed E-state index contributed by atoms with van der Waals surface area (Å²) in [6.45, 7) is 1.33. The van der Waals surface area contributed by atoms with Gasteiger partial charge in [0.05, 0.1) is 25.4 Å². The summed E-state index contributed by atoms with van der Waals surface area (Å²) in [5, 5.41) is 2.79. The van der Waals surface area contributed by atoms with E-state index in [0.29, 0.717) is 0 Å². The zero-order chi connectivity index (χ0) is 23.9. The number of anilines is 1. The monoisotopic (exact) mass is 504 g/mol. The number of pyridine rings is 1. The van der Waals surface area contributed by atoms with Crippen molar-refractivity contribution in [3.8, 4) is 0 Å². The molecule has 0 bridgehead atoms. The van der Waals surface area contributed by atoms with E-state index >= 15 is 0 Å². The minimum atomic E-state index is -4.03. The Morgan fingerprint density at radius 3 is 2.45 bits per heavy atom. The number of carbonyl (C=O) groups excluding carboxylic acids is 3. The van der Waals surface area contributed by atoms with Crippen molar-refractivity contribution in [1.82, 2.24) is 4.98 Å². The molecule has 0 fully saturated rings. The van der Waals surface area contributed by atoms with E-state index in [0.717, 1.165) is 6.07 Å². The van der Waals surface area contributed by atoms with Gasteiger partial charge in [-0.05, 0) is 43.3 Å². The van der Waals surface area contributed by atoms with Gasteiger partial charge in [-0.25, -0.2) is 18.2 Å². The molecule has 0 aliphatic carbocycles. The van der Waals surface area contributed by atoms with Crippen molar-refractivity contribution in [1.29, 1.82) is 0 Å². The number of benzene rings is 2. The Kier molecular flexibility index (Phi) is 5.96. The zero-order valence-electron chi connectivity index (χ0n) is 16.8. The quantitative estimate of drug-likeness (QED) is 0.417. The number of nitrogens with zero attached hydrogens (tertiary/aromatic N) is 1. The van der Waals surface area contributed by atoms with Crippen molar-refractivity contribution in [3.63, 3.8) is 0 Å². The normalized spacial score (nSPS) is 14.6. The van der Waals surface area contributed by atoms with Crippen LogP contribution < -0.4 is 5.32 Å². The Hall–Kier alpha value is -3.27. The summed E-state index contributed by atoms with van der Waals surface area (Å²) < 4.78 is 31.2. The molecular weight excluding hydrogens is 491 g/mol. The van der Waals surface area contributed by atoms with E-state index in [1.165, 1.54) is 49.5 Å². The molecule has 33 heavy (non-hydrogen) atoms. The third-order valence-corrected chi connectivity index (χ3v) is 7.22. The van der Waals surface area contributed by atoms with Crippen molar-refractivity contribution in [2.45, 2.75) is 22.8 Å². The van der Waals surface area contributed by atoms with E-state index in [4.69, 9.17) is 27.9 Å². The molecule has 0 saturated carbocycles. The first-order valence-corrected chi connectivity index (χ1v) is 11.7. The van der Waals surface area contributed by atoms with E-state index in [1.807, 2.05) is 0 Å². The summed E-state index contributed by atoms with van der Waals surface area (Å²) in [7, 11) is -4.03. The first-order valence-electron chi connectivity index (χ1n) is 9.45. The Balaban J connectivity index is 1.56. The Morgan fingerprint density at radius 2 is 1.73 bits per heavy atom. The van der Waals surface area contributed by atoms with Crippen molar-refractivity contribution in [2.24, 2.45) is 0 Å². The maximum Gasteiger partial charge on any atom is 0.338 e. The van der Waals surface area contributed by atoms with Crippen LogP contribution in [0.2, 0.25) is 10.0 Å². The van der Waals surface area contributed by atoms with Crippen molar-refractivity contribution >= 4 is 56.5 Å². The molecule has 0 radical (unpaired) electrons. The molecule has 3 aromatic rings. The zero-order valence-corrected chi connectivity index (χ0v) is 19.2. The van der Waals surface area contributed by atoms with E-state index in [2.05, 4.69) is 10.3 Å². The number of nitrogens with one attached hydrogen (secondary N) is 1. The van der Waals surface area contributed by atoms with Crippen LogP contribution in [0.3, 0.4) is 0 Å². The Morgan fingerprint density at radius 1 is 1.03 bits per heavy atom. The number of aromatic nitrogens is 1. The van der Waals surface area contributed by atoms with Crippen LogP contribution in [0.5, 0.6) is 0 Å². The molecule has 2 heterocycles. The van der Waals surface area contributed by atoms with Gasteiger partial charge in [0.2, 0.25) is 9.84 Å². The standard InChI is InChI=1S/C22H14Cl2N2O6S/c1-11(21(28)26-20-16(24)9-13(23)10-25-20)32-22(29)12-6-7-15-18(8-12)33(30,31)17-5-3-2-4-14(17)19(15)27/h2-11H,1H3,(H,25,26,28). The highest BCUT2D eigenvalue weighted by molar-refractivity contribution is 7.91. The van der Waals surface area contributed by atoms with Crippen LogP contribution in [0, 0.1) is 0 Å². The second-order valence-electron chi connectivity index (χ2n) is 7.06. The molecule has 0 saturated heterocycles. The van der Waals surface area contributed by atoms with Gasteiger partial charge in [-0.1, -0.05) is 35.3 Å². The number of carbonyl (C=O) groups is 3. The van der Waals surface area contributed by atoms with Gasteiger partial charge in [-0.2, -0.15) is 0 Å². The lowest BCUT2D eigenvalue weighted by Gasteiger charge is -2.19. The van der Waals surface area contributed by atoms with Gasteiger partial charge in [0.15, 0.2) is 17.7 Å².